The summed E-state index contributed by atoms with van der Waals surface area (Å²) in [4.78, 5) is 0. The highest BCUT2D eigenvalue weighted by Crippen LogP contribution is 2.12. The van der Waals surface area contributed by atoms with Crippen LogP contribution in [0.3, 0.4) is 0 Å². The molecule has 0 amide bonds. The zero-order valence-corrected chi connectivity index (χ0v) is 12.3. The van der Waals surface area contributed by atoms with E-state index in [-0.39, 0.29) is 6.04 Å². The van der Waals surface area contributed by atoms with Crippen molar-refractivity contribution in [3.05, 3.63) is 12.7 Å². The van der Waals surface area contributed by atoms with Crippen molar-refractivity contribution in [2.24, 2.45) is 0 Å². The molecule has 0 rings (SSSR count). The maximum atomic E-state index is 12.3. The van der Waals surface area contributed by atoms with E-state index in [1.807, 2.05) is 13.8 Å². The van der Waals surface area contributed by atoms with Crippen LogP contribution in [0.5, 0.6) is 0 Å². The molecule has 17 heavy (non-hydrogen) atoms. The second-order valence-electron chi connectivity index (χ2n) is 4.51. The van der Waals surface area contributed by atoms with Gasteiger partial charge in [0, 0.05) is 19.1 Å². The van der Waals surface area contributed by atoms with Gasteiger partial charge in [-0.05, 0) is 33.7 Å². The molecule has 0 saturated heterocycles. The van der Waals surface area contributed by atoms with E-state index in [1.165, 1.54) is 4.31 Å². The predicted molar refractivity (Wildman–Crippen MR) is 73.6 cm³/mol. The van der Waals surface area contributed by atoms with Crippen molar-refractivity contribution in [3.63, 3.8) is 0 Å². The first-order chi connectivity index (χ1) is 7.87. The molecule has 4 nitrogen and oxygen atoms in total. The number of hydrogen-bond acceptors (Lipinski definition) is 3. The molecule has 0 spiro atoms. The Morgan fingerprint density at radius 1 is 1.35 bits per heavy atom. The summed E-state index contributed by atoms with van der Waals surface area (Å²) in [6.45, 7) is 12.9. The average molecular weight is 262 g/mol. The molecule has 0 aromatic heterocycles. The lowest BCUT2D eigenvalue weighted by Gasteiger charge is -2.28. The quantitative estimate of drug-likeness (QED) is 0.507. The van der Waals surface area contributed by atoms with Crippen molar-refractivity contribution in [1.29, 1.82) is 0 Å². The van der Waals surface area contributed by atoms with Crippen LogP contribution in [0.2, 0.25) is 0 Å². The van der Waals surface area contributed by atoms with Crippen LogP contribution in [0.25, 0.3) is 0 Å². The lowest BCUT2D eigenvalue weighted by Crippen LogP contribution is -2.45. The number of nitrogens with zero attached hydrogens (tertiary/aromatic N) is 1. The zero-order valence-electron chi connectivity index (χ0n) is 11.4. The Morgan fingerprint density at radius 2 is 1.94 bits per heavy atom. The maximum Gasteiger partial charge on any atom is 0.218 e. The molecule has 0 aromatic carbocycles. The Morgan fingerprint density at radius 3 is 2.35 bits per heavy atom. The molecule has 0 aliphatic heterocycles. The normalized spacial score (nSPS) is 14.2. The van der Waals surface area contributed by atoms with Crippen molar-refractivity contribution in [2.45, 2.75) is 45.4 Å². The molecule has 0 radical (unpaired) electrons. The lowest BCUT2D eigenvalue weighted by atomic mass is 10.4. The topological polar surface area (TPSA) is 49.4 Å². The van der Waals surface area contributed by atoms with Gasteiger partial charge in [-0.3, -0.25) is 0 Å². The fourth-order valence-corrected chi connectivity index (χ4v) is 3.25. The zero-order chi connectivity index (χ0) is 13.5. The van der Waals surface area contributed by atoms with Gasteiger partial charge < -0.3 is 5.32 Å². The summed E-state index contributed by atoms with van der Waals surface area (Å²) in [7, 11) is -3.24. The predicted octanol–water partition coefficient (Wildman–Crippen LogP) is 1.60. The summed E-state index contributed by atoms with van der Waals surface area (Å²) in [6.07, 6.45) is 2.64. The second kappa shape index (κ2) is 7.84. The standard InChI is InChI=1S/C12H26N2O2S/c1-6-8-13-10-12(5)17(15,16)14(9-7-2)11(3)4/h7,11-13H,2,6,8-10H2,1,3-5H3. The van der Waals surface area contributed by atoms with Crippen molar-refractivity contribution < 1.29 is 8.42 Å². The molecule has 5 heteroatoms. The van der Waals surface area contributed by atoms with E-state index in [1.54, 1.807) is 13.0 Å². The summed E-state index contributed by atoms with van der Waals surface area (Å²) in [6, 6.07) is -0.0355. The molecular formula is C12H26N2O2S. The van der Waals surface area contributed by atoms with Crippen LogP contribution in [0.1, 0.15) is 34.1 Å². The molecule has 0 saturated carbocycles. The smallest absolute Gasteiger partial charge is 0.218 e. The van der Waals surface area contributed by atoms with Crippen molar-refractivity contribution in [1.82, 2.24) is 9.62 Å². The SMILES string of the molecule is C=CCN(C(C)C)S(=O)(=O)C(C)CNCCC. The summed E-state index contributed by atoms with van der Waals surface area (Å²) in [5.41, 5.74) is 0. The van der Waals surface area contributed by atoms with Crippen LogP contribution in [0, 0.1) is 0 Å². The third-order valence-corrected chi connectivity index (χ3v) is 4.99. The van der Waals surface area contributed by atoms with Gasteiger partial charge in [0.1, 0.15) is 0 Å². The molecule has 102 valence electrons. The summed E-state index contributed by atoms with van der Waals surface area (Å²) < 4.78 is 26.1. The van der Waals surface area contributed by atoms with Crippen LogP contribution in [-0.4, -0.2) is 43.6 Å². The number of nitrogens with one attached hydrogen (secondary N) is 1. The van der Waals surface area contributed by atoms with Gasteiger partial charge >= 0.3 is 0 Å². The molecule has 1 unspecified atom stereocenters. The lowest BCUT2D eigenvalue weighted by molar-refractivity contribution is 0.376. The monoisotopic (exact) mass is 262 g/mol. The maximum absolute atomic E-state index is 12.3. The fraction of sp³-hybridized carbons (Fsp3) is 0.833. The molecule has 0 heterocycles. The largest absolute Gasteiger partial charge is 0.315 e. The molecular weight excluding hydrogens is 236 g/mol. The van der Waals surface area contributed by atoms with Gasteiger partial charge in [-0.1, -0.05) is 13.0 Å². The fourth-order valence-electron chi connectivity index (χ4n) is 1.55. The molecule has 0 aliphatic rings. The Bertz CT molecular complexity index is 312. The Hall–Kier alpha value is -0.390. The molecule has 0 fully saturated rings. The highest BCUT2D eigenvalue weighted by Gasteiger charge is 2.29. The van der Waals surface area contributed by atoms with Crippen LogP contribution in [0.15, 0.2) is 12.7 Å². The van der Waals surface area contributed by atoms with E-state index in [9.17, 15) is 8.42 Å². The van der Waals surface area contributed by atoms with Crippen LogP contribution >= 0.6 is 0 Å². The van der Waals surface area contributed by atoms with Gasteiger partial charge in [-0.2, -0.15) is 4.31 Å². The highest BCUT2D eigenvalue weighted by atomic mass is 32.2. The van der Waals surface area contributed by atoms with E-state index in [0.29, 0.717) is 13.1 Å². The third-order valence-electron chi connectivity index (χ3n) is 2.58. The Balaban J connectivity index is 4.65. The van der Waals surface area contributed by atoms with E-state index >= 15 is 0 Å². The molecule has 0 aliphatic carbocycles. The first kappa shape index (κ1) is 16.6. The van der Waals surface area contributed by atoms with Crippen LogP contribution < -0.4 is 5.32 Å². The minimum Gasteiger partial charge on any atom is -0.315 e. The van der Waals surface area contributed by atoms with Crippen LogP contribution in [-0.2, 0) is 10.0 Å². The third kappa shape index (κ3) is 5.19. The Kier molecular flexibility index (Phi) is 7.66. The summed E-state index contributed by atoms with van der Waals surface area (Å²) >= 11 is 0. The van der Waals surface area contributed by atoms with E-state index in [4.69, 9.17) is 0 Å². The minimum absolute atomic E-state index is 0.0355. The van der Waals surface area contributed by atoms with Gasteiger partial charge in [0.2, 0.25) is 10.0 Å². The van der Waals surface area contributed by atoms with Crippen molar-refractivity contribution in [2.75, 3.05) is 19.6 Å². The molecule has 0 aromatic rings. The highest BCUT2D eigenvalue weighted by molar-refractivity contribution is 7.89. The van der Waals surface area contributed by atoms with Gasteiger partial charge in [-0.25, -0.2) is 8.42 Å². The number of hydrogen-bond donors (Lipinski definition) is 1. The van der Waals surface area contributed by atoms with E-state index in [2.05, 4.69) is 18.8 Å². The van der Waals surface area contributed by atoms with Crippen molar-refractivity contribution >= 4 is 10.0 Å². The van der Waals surface area contributed by atoms with Crippen LogP contribution in [0.4, 0.5) is 0 Å². The first-order valence-corrected chi connectivity index (χ1v) is 7.70. The van der Waals surface area contributed by atoms with Gasteiger partial charge in [0.15, 0.2) is 0 Å². The number of rotatable bonds is 9. The average Bonchev–Trinajstić information content (AvgIpc) is 2.25. The Labute approximate surface area is 106 Å². The van der Waals surface area contributed by atoms with E-state index < -0.39 is 15.3 Å². The van der Waals surface area contributed by atoms with E-state index in [0.717, 1.165) is 13.0 Å². The van der Waals surface area contributed by atoms with Crippen molar-refractivity contribution in [3.8, 4) is 0 Å². The van der Waals surface area contributed by atoms with Gasteiger partial charge in [-0.15, -0.1) is 6.58 Å². The first-order valence-electron chi connectivity index (χ1n) is 6.20. The minimum atomic E-state index is -3.24. The summed E-state index contributed by atoms with van der Waals surface area (Å²) in [5, 5.41) is 2.74. The van der Waals surface area contributed by atoms with Gasteiger partial charge in [0.05, 0.1) is 5.25 Å². The molecule has 1 N–H and O–H groups in total. The number of sulfonamides is 1. The van der Waals surface area contributed by atoms with Gasteiger partial charge in [0.25, 0.3) is 0 Å². The second-order valence-corrected chi connectivity index (χ2v) is 6.82. The summed E-state index contributed by atoms with van der Waals surface area (Å²) in [5.74, 6) is 0. The molecule has 0 bridgehead atoms. The molecule has 1 atom stereocenters.